The molecule has 0 saturated carbocycles. The van der Waals surface area contributed by atoms with Gasteiger partial charge in [-0.05, 0) is 5.56 Å². The Morgan fingerprint density at radius 2 is 1.90 bits per heavy atom. The normalized spacial score (nSPS) is 25.9. The number of carbonyl (C=O) groups is 1. The third kappa shape index (κ3) is 4.34. The molecule has 1 saturated heterocycles. The van der Waals surface area contributed by atoms with Crippen molar-refractivity contribution in [3.63, 3.8) is 0 Å². The summed E-state index contributed by atoms with van der Waals surface area (Å²) in [7, 11) is 0. The van der Waals surface area contributed by atoms with Crippen LogP contribution >= 0.6 is 22.6 Å². The lowest BCUT2D eigenvalue weighted by Crippen LogP contribution is -2.43. The van der Waals surface area contributed by atoms with Gasteiger partial charge < -0.3 is 14.2 Å². The average molecular weight is 390 g/mol. The summed E-state index contributed by atoms with van der Waals surface area (Å²) < 4.78 is 16.8. The van der Waals surface area contributed by atoms with Crippen molar-refractivity contribution in [1.29, 1.82) is 0 Å². The monoisotopic (exact) mass is 390 g/mol. The molecular formula is C15H19IO4. The van der Waals surface area contributed by atoms with Gasteiger partial charge in [0, 0.05) is 16.8 Å². The van der Waals surface area contributed by atoms with E-state index in [9.17, 15) is 4.79 Å². The maximum atomic E-state index is 11.4. The Labute approximate surface area is 132 Å². The minimum absolute atomic E-state index is 0.0593. The Bertz CT molecular complexity index is 423. The van der Waals surface area contributed by atoms with Gasteiger partial charge in [-0.15, -0.1) is 0 Å². The summed E-state index contributed by atoms with van der Waals surface area (Å²) in [6.07, 6.45) is -0.0310. The van der Waals surface area contributed by atoms with Gasteiger partial charge in [0.2, 0.25) is 0 Å². The lowest BCUT2D eigenvalue weighted by atomic mass is 9.96. The quantitative estimate of drug-likeness (QED) is 0.323. The van der Waals surface area contributed by atoms with Gasteiger partial charge in [-0.3, -0.25) is 0 Å². The highest BCUT2D eigenvalue weighted by Gasteiger charge is 2.36. The van der Waals surface area contributed by atoms with E-state index in [1.807, 2.05) is 30.3 Å². The predicted molar refractivity (Wildman–Crippen MR) is 83.9 cm³/mol. The Balaban J connectivity index is 1.74. The van der Waals surface area contributed by atoms with Crippen molar-refractivity contribution in [2.45, 2.75) is 32.2 Å². The summed E-state index contributed by atoms with van der Waals surface area (Å²) in [6.45, 7) is 3.21. The van der Waals surface area contributed by atoms with Crippen molar-refractivity contribution in [2.75, 3.05) is 11.0 Å². The van der Waals surface area contributed by atoms with E-state index in [-0.39, 0.29) is 18.1 Å². The first kappa shape index (κ1) is 15.6. The highest BCUT2D eigenvalue weighted by molar-refractivity contribution is 14.1. The topological polar surface area (TPSA) is 44.8 Å². The first-order valence-corrected chi connectivity index (χ1v) is 8.28. The van der Waals surface area contributed by atoms with E-state index < -0.39 is 6.16 Å². The van der Waals surface area contributed by atoms with E-state index in [0.29, 0.717) is 19.6 Å². The van der Waals surface area contributed by atoms with Crippen LogP contribution < -0.4 is 0 Å². The number of hydrogen-bond acceptors (Lipinski definition) is 4. The van der Waals surface area contributed by atoms with E-state index >= 15 is 0 Å². The second kappa shape index (κ2) is 7.83. The Kier molecular flexibility index (Phi) is 6.09. The van der Waals surface area contributed by atoms with Gasteiger partial charge >= 0.3 is 6.16 Å². The Morgan fingerprint density at radius 1 is 1.20 bits per heavy atom. The molecule has 0 N–H and O–H groups in total. The molecule has 0 aliphatic carbocycles. The summed E-state index contributed by atoms with van der Waals surface area (Å²) in [5, 5.41) is 0. The molecule has 5 heteroatoms. The van der Waals surface area contributed by atoms with Crippen LogP contribution in [0.4, 0.5) is 4.79 Å². The number of benzene rings is 1. The van der Waals surface area contributed by atoms with Crippen molar-refractivity contribution in [1.82, 2.24) is 0 Å². The number of carbonyl (C=O) groups excluding carboxylic acids is 1. The molecule has 0 aromatic heterocycles. The minimum atomic E-state index is -0.558. The largest absolute Gasteiger partial charge is 0.508 e. The predicted octanol–water partition coefficient (Wildman–Crippen LogP) is 3.57. The summed E-state index contributed by atoms with van der Waals surface area (Å²) >= 11 is 2.23. The zero-order chi connectivity index (χ0) is 14.4. The molecule has 1 aromatic rings. The van der Waals surface area contributed by atoms with E-state index in [1.165, 1.54) is 0 Å². The maximum absolute atomic E-state index is 11.4. The van der Waals surface area contributed by atoms with Crippen LogP contribution in [-0.2, 0) is 20.8 Å². The lowest BCUT2D eigenvalue weighted by molar-refractivity contribution is -0.0940. The average Bonchev–Trinajstić information content (AvgIpc) is 2.47. The number of halogens is 1. The molecular weight excluding hydrogens is 371 g/mol. The molecule has 3 unspecified atom stereocenters. The molecule has 110 valence electrons. The van der Waals surface area contributed by atoms with Gasteiger partial charge in [0.1, 0.15) is 12.2 Å². The zero-order valence-corrected chi connectivity index (χ0v) is 13.6. The first-order valence-electron chi connectivity index (χ1n) is 6.75. The van der Waals surface area contributed by atoms with Crippen molar-refractivity contribution in [3.05, 3.63) is 35.9 Å². The summed E-state index contributed by atoms with van der Waals surface area (Å²) in [5.41, 5.74) is 1.15. The lowest BCUT2D eigenvalue weighted by Gasteiger charge is -2.34. The van der Waals surface area contributed by atoms with Gasteiger partial charge in [-0.25, -0.2) is 4.79 Å². The highest BCUT2D eigenvalue weighted by Crippen LogP contribution is 2.25. The van der Waals surface area contributed by atoms with Gasteiger partial charge in [0.15, 0.2) is 0 Å². The van der Waals surface area contributed by atoms with E-state index in [4.69, 9.17) is 14.2 Å². The minimum Gasteiger partial charge on any atom is -0.430 e. The fourth-order valence-electron chi connectivity index (χ4n) is 2.19. The third-order valence-electron chi connectivity index (χ3n) is 3.48. The van der Waals surface area contributed by atoms with E-state index in [2.05, 4.69) is 29.5 Å². The number of cyclic esters (lactones) is 2. The van der Waals surface area contributed by atoms with Gasteiger partial charge in [0.25, 0.3) is 0 Å². The second-order valence-corrected chi connectivity index (χ2v) is 5.78. The molecule has 4 nitrogen and oxygen atoms in total. The van der Waals surface area contributed by atoms with Crippen LogP contribution in [0.2, 0.25) is 0 Å². The zero-order valence-electron chi connectivity index (χ0n) is 11.5. The summed E-state index contributed by atoms with van der Waals surface area (Å²) in [5.74, 6) is 0.199. The molecule has 0 radical (unpaired) electrons. The van der Waals surface area contributed by atoms with Crippen LogP contribution in [-0.4, -0.2) is 29.4 Å². The van der Waals surface area contributed by atoms with Crippen molar-refractivity contribution < 1.29 is 19.0 Å². The Morgan fingerprint density at radius 3 is 2.60 bits per heavy atom. The number of rotatable bonds is 6. The summed E-state index contributed by atoms with van der Waals surface area (Å²) in [4.78, 5) is 11.4. The van der Waals surface area contributed by atoms with Crippen molar-refractivity contribution >= 4 is 28.7 Å². The van der Waals surface area contributed by atoms with Crippen LogP contribution in [0, 0.1) is 5.92 Å². The highest BCUT2D eigenvalue weighted by atomic mass is 127. The molecule has 3 atom stereocenters. The third-order valence-corrected chi connectivity index (χ3v) is 4.35. The molecule has 0 spiro atoms. The van der Waals surface area contributed by atoms with Crippen LogP contribution in [0.15, 0.2) is 30.3 Å². The molecule has 1 aliphatic rings. The second-order valence-electron chi connectivity index (χ2n) is 4.90. The molecule has 1 heterocycles. The standard InChI is InChI=1S/C15H19IO4/c1-11-13(19-15(17)20-14(11)9-16)7-8-18-10-12-5-3-2-4-6-12/h2-6,11,13-14H,7-10H2,1H3. The molecule has 1 fully saturated rings. The molecule has 1 aliphatic heterocycles. The van der Waals surface area contributed by atoms with E-state index in [1.54, 1.807) is 0 Å². The Hall–Kier alpha value is -0.820. The number of alkyl halides is 1. The van der Waals surface area contributed by atoms with Gasteiger partial charge in [0.05, 0.1) is 13.2 Å². The van der Waals surface area contributed by atoms with Crippen LogP contribution in [0.25, 0.3) is 0 Å². The van der Waals surface area contributed by atoms with Crippen LogP contribution in [0.1, 0.15) is 18.9 Å². The maximum Gasteiger partial charge on any atom is 0.508 e. The summed E-state index contributed by atoms with van der Waals surface area (Å²) in [6, 6.07) is 10.0. The number of hydrogen-bond donors (Lipinski definition) is 0. The number of ether oxygens (including phenoxy) is 3. The smallest absolute Gasteiger partial charge is 0.430 e. The van der Waals surface area contributed by atoms with Gasteiger partial charge in [-0.2, -0.15) is 0 Å². The van der Waals surface area contributed by atoms with Gasteiger partial charge in [-0.1, -0.05) is 59.8 Å². The fraction of sp³-hybridized carbons (Fsp3) is 0.533. The molecule has 0 bridgehead atoms. The van der Waals surface area contributed by atoms with Crippen LogP contribution in [0.5, 0.6) is 0 Å². The fourth-order valence-corrected chi connectivity index (χ4v) is 3.17. The molecule has 2 rings (SSSR count). The first-order chi connectivity index (χ1) is 9.70. The van der Waals surface area contributed by atoms with Crippen LogP contribution in [0.3, 0.4) is 0 Å². The SMILES string of the molecule is CC1C(CI)OC(=O)OC1CCOCc1ccccc1. The van der Waals surface area contributed by atoms with Crippen molar-refractivity contribution in [3.8, 4) is 0 Å². The van der Waals surface area contributed by atoms with Crippen molar-refractivity contribution in [2.24, 2.45) is 5.92 Å². The van der Waals surface area contributed by atoms with E-state index in [0.717, 1.165) is 9.99 Å². The molecule has 0 amide bonds. The molecule has 1 aromatic carbocycles. The molecule has 20 heavy (non-hydrogen) atoms.